The molecule has 0 radical (unpaired) electrons. The van der Waals surface area contributed by atoms with Crippen molar-refractivity contribution >= 4 is 40.4 Å². The van der Waals surface area contributed by atoms with Crippen LogP contribution in [0.15, 0.2) is 87.2 Å². The molecule has 6 nitrogen and oxygen atoms in total. The van der Waals surface area contributed by atoms with Gasteiger partial charge in [0.15, 0.2) is 10.7 Å². The number of Topliss-reactive ketones (excluding diaryl/α,β-unsaturated/α-hetero) is 1. The lowest BCUT2D eigenvalue weighted by molar-refractivity contribution is 0.0770. The van der Waals surface area contributed by atoms with Crippen molar-refractivity contribution < 1.29 is 13.7 Å². The van der Waals surface area contributed by atoms with Gasteiger partial charge < -0.3 is 15.3 Å². The molecule has 2 heterocycles. The number of hydrogen-bond donors (Lipinski definition) is 2. The molecule has 1 aliphatic heterocycles. The Labute approximate surface area is 216 Å². The number of hydrogen-bond acceptors (Lipinski definition) is 7. The van der Waals surface area contributed by atoms with Crippen LogP contribution in [-0.4, -0.2) is 38.9 Å². The summed E-state index contributed by atoms with van der Waals surface area (Å²) in [6.07, 6.45) is 4.02. The zero-order valence-electron chi connectivity index (χ0n) is 19.7. The van der Waals surface area contributed by atoms with Crippen molar-refractivity contribution in [3.05, 3.63) is 99.4 Å². The topological polar surface area (TPSA) is 92.1 Å². The van der Waals surface area contributed by atoms with Crippen LogP contribution in [0.2, 0.25) is 0 Å². The minimum atomic E-state index is -1.43. The number of carbonyl (C=O) groups is 1. The number of nitrogens with one attached hydrogen (secondary N) is 2. The predicted molar refractivity (Wildman–Crippen MR) is 141 cm³/mol. The lowest BCUT2D eigenvalue weighted by atomic mass is 9.65. The first-order valence-electron chi connectivity index (χ1n) is 11.5. The van der Waals surface area contributed by atoms with Gasteiger partial charge in [-0.3, -0.25) is 4.79 Å². The molecule has 2 N–H and O–H groups in total. The number of ketones is 1. The molecule has 5 rings (SSSR count). The summed E-state index contributed by atoms with van der Waals surface area (Å²) in [6.45, 7) is 2.77. The number of anilines is 1. The summed E-state index contributed by atoms with van der Waals surface area (Å²) in [5.74, 6) is -0.452. The summed E-state index contributed by atoms with van der Waals surface area (Å²) in [5.41, 5.74) is 5.10. The fourth-order valence-corrected chi connectivity index (χ4v) is 6.57. The molecule has 9 heteroatoms. The van der Waals surface area contributed by atoms with Gasteiger partial charge >= 0.3 is 0 Å². The minimum absolute atomic E-state index is 0.124. The number of carbonyl (C=O) groups excluding carboxylic acids is 1. The maximum Gasteiger partial charge on any atom is 0.194 e. The lowest BCUT2D eigenvalue weighted by Gasteiger charge is -2.44. The summed E-state index contributed by atoms with van der Waals surface area (Å²) in [6, 6.07) is 13.6. The summed E-state index contributed by atoms with van der Waals surface area (Å²) in [4.78, 5) is 18.9. The van der Waals surface area contributed by atoms with Gasteiger partial charge in [0.2, 0.25) is 0 Å². The van der Waals surface area contributed by atoms with Crippen LogP contribution in [0.4, 0.5) is 10.1 Å². The van der Waals surface area contributed by atoms with Gasteiger partial charge in [-0.2, -0.15) is 0 Å². The molecule has 36 heavy (non-hydrogen) atoms. The van der Waals surface area contributed by atoms with Crippen LogP contribution in [-0.2, 0) is 11.4 Å². The Bertz CT molecular complexity index is 1340. The highest BCUT2D eigenvalue weighted by atomic mass is 32.2. The van der Waals surface area contributed by atoms with E-state index in [0.717, 1.165) is 11.1 Å². The molecule has 0 saturated carbocycles. The minimum Gasteiger partial charge on any atom is -0.593 e. The second-order valence-electron chi connectivity index (χ2n) is 9.02. The summed E-state index contributed by atoms with van der Waals surface area (Å²) < 4.78 is 28.8. The highest BCUT2D eigenvalue weighted by molar-refractivity contribution is 7.89. The van der Waals surface area contributed by atoms with Crippen LogP contribution in [0.3, 0.4) is 0 Å². The molecule has 1 fully saturated rings. The van der Waals surface area contributed by atoms with E-state index in [1.807, 2.05) is 41.6 Å². The van der Waals surface area contributed by atoms with Crippen molar-refractivity contribution in [1.82, 2.24) is 9.29 Å². The number of benzene rings is 2. The van der Waals surface area contributed by atoms with Crippen LogP contribution in [0.5, 0.6) is 0 Å². The number of halogens is 1. The van der Waals surface area contributed by atoms with Crippen LogP contribution in [0, 0.1) is 23.6 Å². The number of aryl methyl sites for hydroxylation is 1. The second-order valence-corrected chi connectivity index (χ2v) is 11.2. The Morgan fingerprint density at radius 1 is 1.25 bits per heavy atom. The molecule has 0 amide bonds. The second kappa shape index (κ2) is 10.1. The summed E-state index contributed by atoms with van der Waals surface area (Å²) in [5, 5.41) is 13.1. The van der Waals surface area contributed by atoms with Gasteiger partial charge in [-0.15, -0.1) is 15.6 Å². The largest absolute Gasteiger partial charge is 0.593 e. The normalized spacial score (nSPS) is 20.9. The number of allylic oxidation sites excluding steroid dienone is 2. The third-order valence-corrected chi connectivity index (χ3v) is 8.75. The van der Waals surface area contributed by atoms with E-state index in [9.17, 15) is 13.7 Å². The first-order valence-corrected chi connectivity index (χ1v) is 13.6. The average molecular weight is 521 g/mol. The monoisotopic (exact) mass is 520 g/mol. The van der Waals surface area contributed by atoms with Gasteiger partial charge in [0.1, 0.15) is 11.5 Å². The Morgan fingerprint density at radius 2 is 2.00 bits per heavy atom. The molecule has 0 spiro atoms. The first-order chi connectivity index (χ1) is 17.4. The SMILES string of the molecule is Cc1ccc([S+]([O-])N2CCC3=CC(Nc4ccc(F)cc4)=C(C=N)CC3(C(=O)c3cscn3)C2)cc1. The number of fused-ring (bicyclic) bond motifs is 1. The number of rotatable bonds is 7. The maximum absolute atomic E-state index is 13.9. The molecule has 2 unspecified atom stereocenters. The predicted octanol–water partition coefficient (Wildman–Crippen LogP) is 5.53. The smallest absolute Gasteiger partial charge is 0.194 e. The first kappa shape index (κ1) is 24.6. The highest BCUT2D eigenvalue weighted by Crippen LogP contribution is 2.48. The number of nitrogens with zero attached hydrogens (tertiary/aromatic N) is 2. The third kappa shape index (κ3) is 4.67. The highest BCUT2D eigenvalue weighted by Gasteiger charge is 2.51. The quantitative estimate of drug-likeness (QED) is 0.243. The van der Waals surface area contributed by atoms with Crippen molar-refractivity contribution in [2.75, 3.05) is 18.4 Å². The van der Waals surface area contributed by atoms with E-state index in [0.29, 0.717) is 40.5 Å². The van der Waals surface area contributed by atoms with Gasteiger partial charge in [0, 0.05) is 29.5 Å². The van der Waals surface area contributed by atoms with Gasteiger partial charge in [0.05, 0.1) is 28.8 Å². The average Bonchev–Trinajstić information content (AvgIpc) is 3.44. The van der Waals surface area contributed by atoms with Gasteiger partial charge in [-0.25, -0.2) is 9.37 Å². The summed E-state index contributed by atoms with van der Waals surface area (Å²) >= 11 is -0.0680. The van der Waals surface area contributed by atoms with Crippen LogP contribution >= 0.6 is 11.3 Å². The molecule has 3 aromatic rings. The Hall–Kier alpha value is -3.11. The zero-order valence-corrected chi connectivity index (χ0v) is 21.3. The molecule has 2 aromatic carbocycles. The van der Waals surface area contributed by atoms with Gasteiger partial charge in [-0.1, -0.05) is 23.3 Å². The van der Waals surface area contributed by atoms with Crippen LogP contribution in [0.1, 0.15) is 28.9 Å². The van der Waals surface area contributed by atoms with E-state index in [1.54, 1.807) is 23.0 Å². The molecule has 184 valence electrons. The zero-order chi connectivity index (χ0) is 25.3. The number of aromatic nitrogens is 1. The van der Waals surface area contributed by atoms with Crippen molar-refractivity contribution in [1.29, 1.82) is 5.41 Å². The van der Waals surface area contributed by atoms with E-state index >= 15 is 0 Å². The van der Waals surface area contributed by atoms with E-state index in [4.69, 9.17) is 5.41 Å². The van der Waals surface area contributed by atoms with Crippen molar-refractivity contribution in [2.45, 2.75) is 24.7 Å². The lowest BCUT2D eigenvalue weighted by Crippen LogP contribution is -2.52. The number of thiazole rings is 1. The molecular formula is C27H25FN4O2S2. The molecular weight excluding hydrogens is 495 g/mol. The molecule has 2 atom stereocenters. The Balaban J connectivity index is 1.51. The maximum atomic E-state index is 13.9. The van der Waals surface area contributed by atoms with E-state index < -0.39 is 16.8 Å². The van der Waals surface area contributed by atoms with Crippen molar-refractivity contribution in [2.24, 2.45) is 5.41 Å². The molecule has 0 bridgehead atoms. The number of piperidine rings is 1. The molecule has 1 saturated heterocycles. The summed E-state index contributed by atoms with van der Waals surface area (Å²) in [7, 11) is 0. The fraction of sp³-hybridized carbons (Fsp3) is 0.222. The molecule has 1 aromatic heterocycles. The van der Waals surface area contributed by atoms with Gasteiger partial charge in [0.25, 0.3) is 0 Å². The van der Waals surface area contributed by atoms with Crippen molar-refractivity contribution in [3.8, 4) is 0 Å². The molecule has 1 aliphatic carbocycles. The Kier molecular flexibility index (Phi) is 6.90. The van der Waals surface area contributed by atoms with E-state index in [2.05, 4.69) is 10.3 Å². The standard InChI is InChI=1S/C27H25FN4O2S2/c1-18-2-8-23(9-3-18)36(34)32-11-10-20-12-24(31-22-6-4-21(28)5-7-22)19(14-29)13-27(20,16-32)26(33)25-15-35-17-30-25/h2-9,12,14-15,17,29,31H,10-11,13,16H2,1H3. The Morgan fingerprint density at radius 3 is 2.67 bits per heavy atom. The fourth-order valence-electron chi connectivity index (χ4n) is 4.78. The van der Waals surface area contributed by atoms with E-state index in [1.165, 1.54) is 29.7 Å². The molecule has 2 aliphatic rings. The van der Waals surface area contributed by atoms with Crippen LogP contribution < -0.4 is 5.32 Å². The third-order valence-electron chi connectivity index (χ3n) is 6.70. The van der Waals surface area contributed by atoms with E-state index in [-0.39, 0.29) is 24.6 Å². The van der Waals surface area contributed by atoms with Crippen molar-refractivity contribution in [3.63, 3.8) is 0 Å². The van der Waals surface area contributed by atoms with Gasteiger partial charge in [-0.05, 0) is 67.8 Å². The van der Waals surface area contributed by atoms with Crippen LogP contribution in [0.25, 0.3) is 0 Å².